The second-order valence-corrected chi connectivity index (χ2v) is 13.2. The molecule has 5 heterocycles. The van der Waals surface area contributed by atoms with Crippen LogP contribution < -0.4 is 16.9 Å². The summed E-state index contributed by atoms with van der Waals surface area (Å²) in [7, 11) is -0.406. The van der Waals surface area contributed by atoms with E-state index >= 15 is 0 Å². The molecule has 1 saturated heterocycles. The van der Waals surface area contributed by atoms with E-state index in [1.807, 2.05) is 39.8 Å². The molecule has 0 radical (unpaired) electrons. The highest BCUT2D eigenvalue weighted by Crippen LogP contribution is 2.36. The minimum Gasteiger partial charge on any atom is -0.399 e. The predicted octanol–water partition coefficient (Wildman–Crippen LogP) is 6.01. The van der Waals surface area contributed by atoms with Crippen molar-refractivity contribution >= 4 is 74.8 Å². The lowest BCUT2D eigenvalue weighted by Gasteiger charge is -2.32. The lowest BCUT2D eigenvalue weighted by Crippen LogP contribution is -2.41. The summed E-state index contributed by atoms with van der Waals surface area (Å²) in [5, 5.41) is 9.05. The molecule has 49 heavy (non-hydrogen) atoms. The van der Waals surface area contributed by atoms with Gasteiger partial charge < -0.3 is 20.8 Å². The van der Waals surface area contributed by atoms with Gasteiger partial charge in [-0.1, -0.05) is 54.9 Å². The first kappa shape index (κ1) is 37.5. The van der Waals surface area contributed by atoms with Crippen molar-refractivity contribution in [3.05, 3.63) is 111 Å². The molecule has 12 nitrogen and oxygen atoms in total. The first-order valence-corrected chi connectivity index (χ1v) is 16.0. The molecule has 0 aliphatic carbocycles. The molecule has 0 atom stereocenters. The van der Waals surface area contributed by atoms with Crippen LogP contribution >= 0.6 is 39.1 Å². The Morgan fingerprint density at radius 3 is 1.67 bits per heavy atom. The molecule has 0 saturated carbocycles. The van der Waals surface area contributed by atoms with Crippen LogP contribution in [0.2, 0.25) is 10.3 Å². The van der Waals surface area contributed by atoms with Gasteiger partial charge in [-0.25, -0.2) is 19.0 Å². The van der Waals surface area contributed by atoms with E-state index in [1.54, 1.807) is 82.1 Å². The van der Waals surface area contributed by atoms with Crippen LogP contribution in [0.4, 0.5) is 0 Å². The number of benzene rings is 2. The lowest BCUT2D eigenvalue weighted by atomic mass is 9.79. The van der Waals surface area contributed by atoms with Gasteiger partial charge in [0.15, 0.2) is 11.3 Å². The summed E-state index contributed by atoms with van der Waals surface area (Å²) in [5.74, 6) is -0.888. The summed E-state index contributed by atoms with van der Waals surface area (Å²) in [6.07, 6.45) is 3.39. The Bertz CT molecular complexity index is 2090. The highest BCUT2D eigenvalue weighted by atomic mass is 79.9. The standard InChI is InChI=1S/C13H18BNO3.C13H9ClN4O.C6H3BrClN3.CH4/c1-12(2)13(3,4)18-14(17-12)10-7-5-9(6-8-10)11(15)16;14-11-5-6-12-16-7-10(18(12)17-11)8-1-3-9(4-2-8)13(15)19;7-4-3-9-6-2-1-5(8)10-11(4)6;/h5-8H,1-4H3,(H2,15,16);1-7H,(H2,15,19);1-3H;1H4. The molecule has 0 spiro atoms. The van der Waals surface area contributed by atoms with Gasteiger partial charge in [-0.3, -0.25) is 9.59 Å². The number of halogens is 3. The van der Waals surface area contributed by atoms with Gasteiger partial charge in [-0.2, -0.15) is 10.2 Å². The Hall–Kier alpha value is -4.34. The van der Waals surface area contributed by atoms with Gasteiger partial charge in [0.1, 0.15) is 14.9 Å². The van der Waals surface area contributed by atoms with Crippen LogP contribution in [-0.2, 0) is 9.31 Å². The summed E-state index contributed by atoms with van der Waals surface area (Å²) in [4.78, 5) is 30.3. The van der Waals surface area contributed by atoms with E-state index in [-0.39, 0.29) is 18.6 Å². The van der Waals surface area contributed by atoms with E-state index in [2.05, 4.69) is 36.1 Å². The van der Waals surface area contributed by atoms with E-state index in [1.165, 1.54) is 0 Å². The molecular weight excluding hydrogens is 734 g/mol. The average molecular weight is 768 g/mol. The molecule has 1 aliphatic heterocycles. The molecule has 1 aliphatic rings. The summed E-state index contributed by atoms with van der Waals surface area (Å²) in [6.45, 7) is 8.02. The number of primary amides is 2. The summed E-state index contributed by atoms with van der Waals surface area (Å²) >= 11 is 14.8. The monoisotopic (exact) mass is 766 g/mol. The molecule has 2 amide bonds. The van der Waals surface area contributed by atoms with Crippen LogP contribution in [0.15, 0.2) is 89.8 Å². The molecule has 7 rings (SSSR count). The zero-order valence-corrected chi connectivity index (χ0v) is 29.4. The van der Waals surface area contributed by atoms with Crippen LogP contribution in [0.3, 0.4) is 0 Å². The minimum atomic E-state index is -0.453. The fourth-order valence-electron chi connectivity index (χ4n) is 4.46. The number of amides is 2. The van der Waals surface area contributed by atoms with Crippen molar-refractivity contribution in [3.8, 4) is 11.3 Å². The van der Waals surface area contributed by atoms with Crippen molar-refractivity contribution in [1.29, 1.82) is 0 Å². The number of fused-ring (bicyclic) bond motifs is 2. The van der Waals surface area contributed by atoms with Crippen molar-refractivity contribution in [2.24, 2.45) is 11.5 Å². The Labute approximate surface area is 302 Å². The van der Waals surface area contributed by atoms with Crippen molar-refractivity contribution in [1.82, 2.24) is 29.2 Å². The van der Waals surface area contributed by atoms with E-state index < -0.39 is 18.9 Å². The Morgan fingerprint density at radius 2 is 1.16 bits per heavy atom. The topological polar surface area (TPSA) is 165 Å². The SMILES string of the molecule is C.CC1(C)OB(c2ccc(C(N)=O)cc2)OC1(C)C.Clc1ccc2ncc(Br)n2n1.NC(=O)c1ccc(-c2cnc3ccc(Cl)nn23)cc1. The third-order valence-electron chi connectivity index (χ3n) is 7.80. The second kappa shape index (κ2) is 15.1. The Morgan fingerprint density at radius 1 is 0.714 bits per heavy atom. The maximum Gasteiger partial charge on any atom is 0.494 e. The van der Waals surface area contributed by atoms with Gasteiger partial charge in [-0.05, 0) is 97.6 Å². The normalized spacial score (nSPS) is 14.3. The predicted molar refractivity (Wildman–Crippen MR) is 195 cm³/mol. The maximum absolute atomic E-state index is 11.0. The number of imidazole rings is 2. The highest BCUT2D eigenvalue weighted by Gasteiger charge is 2.51. The van der Waals surface area contributed by atoms with Crippen LogP contribution in [0.5, 0.6) is 0 Å². The van der Waals surface area contributed by atoms with Gasteiger partial charge in [0, 0.05) is 16.7 Å². The smallest absolute Gasteiger partial charge is 0.399 e. The largest absolute Gasteiger partial charge is 0.494 e. The number of carbonyl (C=O) groups excluding carboxylic acids is 2. The van der Waals surface area contributed by atoms with Crippen LogP contribution in [-0.4, -0.2) is 59.3 Å². The quantitative estimate of drug-likeness (QED) is 0.206. The van der Waals surface area contributed by atoms with Crippen LogP contribution in [0.25, 0.3) is 22.6 Å². The molecule has 16 heteroatoms. The number of nitrogens with two attached hydrogens (primary N) is 2. The number of carbonyl (C=O) groups is 2. The first-order valence-electron chi connectivity index (χ1n) is 14.5. The number of rotatable bonds is 4. The van der Waals surface area contributed by atoms with Crippen molar-refractivity contribution in [2.45, 2.75) is 46.3 Å². The van der Waals surface area contributed by atoms with Crippen molar-refractivity contribution in [3.63, 3.8) is 0 Å². The maximum atomic E-state index is 11.0. The molecule has 0 unspecified atom stereocenters. The summed E-state index contributed by atoms with van der Waals surface area (Å²) in [5.41, 5.74) is 14.7. The van der Waals surface area contributed by atoms with E-state index in [0.29, 0.717) is 27.1 Å². The molecule has 0 bridgehead atoms. The zero-order valence-electron chi connectivity index (χ0n) is 26.3. The van der Waals surface area contributed by atoms with Gasteiger partial charge in [0.25, 0.3) is 0 Å². The third-order valence-corrected chi connectivity index (χ3v) is 8.75. The molecule has 254 valence electrons. The van der Waals surface area contributed by atoms with Gasteiger partial charge >= 0.3 is 7.12 Å². The van der Waals surface area contributed by atoms with Crippen LogP contribution in [0.1, 0.15) is 55.8 Å². The molecule has 2 aromatic carbocycles. The van der Waals surface area contributed by atoms with Crippen molar-refractivity contribution < 1.29 is 18.9 Å². The lowest BCUT2D eigenvalue weighted by molar-refractivity contribution is 0.00578. The first-order chi connectivity index (χ1) is 22.6. The van der Waals surface area contributed by atoms with Gasteiger partial charge in [0.2, 0.25) is 11.8 Å². The molecular formula is C33H34BBrCl2N8O4. The molecule has 4 N–H and O–H groups in total. The van der Waals surface area contributed by atoms with E-state index in [4.69, 9.17) is 44.0 Å². The number of nitrogens with zero attached hydrogens (tertiary/aromatic N) is 6. The Balaban J connectivity index is 0.000000169. The molecule has 1 fully saturated rings. The fourth-order valence-corrected chi connectivity index (χ4v) is 5.10. The highest BCUT2D eigenvalue weighted by molar-refractivity contribution is 9.10. The third kappa shape index (κ3) is 8.46. The van der Waals surface area contributed by atoms with Crippen LogP contribution in [0, 0.1) is 0 Å². The summed E-state index contributed by atoms with van der Waals surface area (Å²) < 4.78 is 15.9. The fraction of sp³-hybridized carbons (Fsp3) is 0.212. The Kier molecular flexibility index (Phi) is 11.5. The average Bonchev–Trinajstić information content (AvgIpc) is 3.70. The van der Waals surface area contributed by atoms with Crippen molar-refractivity contribution in [2.75, 3.05) is 0 Å². The molecule has 6 aromatic rings. The second-order valence-electron chi connectivity index (χ2n) is 11.6. The number of aromatic nitrogens is 6. The van der Waals surface area contributed by atoms with Gasteiger partial charge in [0.05, 0.1) is 29.3 Å². The summed E-state index contributed by atoms with van der Waals surface area (Å²) in [6, 6.07) is 20.9. The van der Waals surface area contributed by atoms with E-state index in [0.717, 1.165) is 27.0 Å². The molecule has 4 aromatic heterocycles. The number of hydrogen-bond donors (Lipinski definition) is 2. The number of hydrogen-bond acceptors (Lipinski definition) is 8. The minimum absolute atomic E-state index is 0. The zero-order chi connectivity index (χ0) is 34.8. The van der Waals surface area contributed by atoms with Gasteiger partial charge in [-0.15, -0.1) is 0 Å². The van der Waals surface area contributed by atoms with E-state index in [9.17, 15) is 9.59 Å².